The molecule has 1 heterocycles. The summed E-state index contributed by atoms with van der Waals surface area (Å²) in [6, 6.07) is 7.50. The lowest BCUT2D eigenvalue weighted by molar-refractivity contribution is 0.202. The van der Waals surface area contributed by atoms with Crippen molar-refractivity contribution in [3.8, 4) is 0 Å². The predicted molar refractivity (Wildman–Crippen MR) is 85.6 cm³/mol. The highest BCUT2D eigenvalue weighted by molar-refractivity contribution is 5.88. The van der Waals surface area contributed by atoms with Crippen molar-refractivity contribution in [2.75, 3.05) is 32.5 Å². The number of carbonyl (C=O) groups excluding carboxylic acids is 1. The third-order valence-electron chi connectivity index (χ3n) is 3.25. The molecule has 7 heteroatoms. The molecule has 0 fully saturated rings. The minimum absolute atomic E-state index is 0.274. The van der Waals surface area contributed by atoms with Crippen molar-refractivity contribution >= 4 is 11.8 Å². The molecule has 6 nitrogen and oxygen atoms in total. The maximum atomic E-state index is 13.0. The number of amides is 2. The van der Waals surface area contributed by atoms with E-state index in [2.05, 4.69) is 10.5 Å². The van der Waals surface area contributed by atoms with Crippen LogP contribution in [0.1, 0.15) is 11.3 Å². The molecule has 23 heavy (non-hydrogen) atoms. The Kier molecular flexibility index (Phi) is 5.70. The molecule has 1 aromatic carbocycles. The third kappa shape index (κ3) is 5.37. The Morgan fingerprint density at radius 1 is 1.26 bits per heavy atom. The fourth-order valence-corrected chi connectivity index (χ4v) is 2.00. The number of likely N-dealkylation sites (N-methyl/N-ethyl adjacent to an activating group) is 1. The number of hydrogen-bond donors (Lipinski definition) is 1. The van der Waals surface area contributed by atoms with Gasteiger partial charge < -0.3 is 14.3 Å². The van der Waals surface area contributed by atoms with Crippen molar-refractivity contribution in [1.82, 2.24) is 15.0 Å². The van der Waals surface area contributed by atoms with Gasteiger partial charge in [-0.05, 0) is 38.7 Å². The molecule has 0 saturated carbocycles. The van der Waals surface area contributed by atoms with Gasteiger partial charge in [0.05, 0.1) is 0 Å². The van der Waals surface area contributed by atoms with Gasteiger partial charge in [0.1, 0.15) is 11.6 Å². The summed E-state index contributed by atoms with van der Waals surface area (Å²) in [7, 11) is 3.88. The standard InChI is InChI=1S/C16H21FN4O2/c1-12-10-15(19-23-12)18-16(22)21(9-8-20(2)3)11-13-4-6-14(17)7-5-13/h4-7,10H,8-9,11H2,1-3H3,(H,18,19,22). The maximum Gasteiger partial charge on any atom is 0.323 e. The Morgan fingerprint density at radius 3 is 2.52 bits per heavy atom. The minimum Gasteiger partial charge on any atom is -0.360 e. The van der Waals surface area contributed by atoms with Crippen molar-refractivity contribution in [3.63, 3.8) is 0 Å². The SMILES string of the molecule is Cc1cc(NC(=O)N(CCN(C)C)Cc2ccc(F)cc2)no1. The van der Waals surface area contributed by atoms with E-state index in [0.717, 1.165) is 5.56 Å². The number of nitrogens with one attached hydrogen (secondary N) is 1. The van der Waals surface area contributed by atoms with Crippen LogP contribution in [-0.2, 0) is 6.54 Å². The van der Waals surface area contributed by atoms with Gasteiger partial charge in [0.25, 0.3) is 0 Å². The lowest BCUT2D eigenvalue weighted by Crippen LogP contribution is -2.39. The van der Waals surface area contributed by atoms with Crippen molar-refractivity contribution in [3.05, 3.63) is 47.5 Å². The minimum atomic E-state index is -0.295. The Balaban J connectivity index is 2.05. The van der Waals surface area contributed by atoms with Crippen LogP contribution in [0.5, 0.6) is 0 Å². The average Bonchev–Trinajstić information content (AvgIpc) is 2.90. The number of anilines is 1. The van der Waals surface area contributed by atoms with E-state index in [0.29, 0.717) is 31.2 Å². The summed E-state index contributed by atoms with van der Waals surface area (Å²) in [6.45, 7) is 3.39. The quantitative estimate of drug-likeness (QED) is 0.889. The van der Waals surface area contributed by atoms with Gasteiger partial charge in [-0.25, -0.2) is 9.18 Å². The molecule has 0 aliphatic carbocycles. The summed E-state index contributed by atoms with van der Waals surface area (Å²) in [5.74, 6) is 0.705. The highest BCUT2D eigenvalue weighted by Gasteiger charge is 2.16. The lowest BCUT2D eigenvalue weighted by atomic mass is 10.2. The van der Waals surface area contributed by atoms with E-state index in [-0.39, 0.29) is 11.8 Å². The van der Waals surface area contributed by atoms with Crippen molar-refractivity contribution in [1.29, 1.82) is 0 Å². The second-order valence-electron chi connectivity index (χ2n) is 5.60. The summed E-state index contributed by atoms with van der Waals surface area (Å²) < 4.78 is 17.9. The van der Waals surface area contributed by atoms with E-state index in [4.69, 9.17) is 4.52 Å². The number of halogens is 1. The average molecular weight is 320 g/mol. The van der Waals surface area contributed by atoms with E-state index < -0.39 is 0 Å². The van der Waals surface area contributed by atoms with Crippen LogP contribution in [0.3, 0.4) is 0 Å². The molecule has 0 saturated heterocycles. The van der Waals surface area contributed by atoms with Crippen LogP contribution in [0.4, 0.5) is 15.0 Å². The smallest absolute Gasteiger partial charge is 0.323 e. The normalized spacial score (nSPS) is 10.8. The molecule has 0 unspecified atom stereocenters. The van der Waals surface area contributed by atoms with Gasteiger partial charge in [0.15, 0.2) is 5.82 Å². The molecular weight excluding hydrogens is 299 g/mol. The number of aryl methyl sites for hydroxylation is 1. The van der Waals surface area contributed by atoms with E-state index in [1.807, 2.05) is 19.0 Å². The fraction of sp³-hybridized carbons (Fsp3) is 0.375. The highest BCUT2D eigenvalue weighted by atomic mass is 19.1. The molecule has 1 aromatic heterocycles. The highest BCUT2D eigenvalue weighted by Crippen LogP contribution is 2.11. The molecule has 0 spiro atoms. The molecule has 0 bridgehead atoms. The van der Waals surface area contributed by atoms with Crippen LogP contribution in [0.2, 0.25) is 0 Å². The first kappa shape index (κ1) is 17.0. The molecule has 124 valence electrons. The first-order chi connectivity index (χ1) is 10.9. The van der Waals surface area contributed by atoms with E-state index in [1.165, 1.54) is 12.1 Å². The molecule has 0 atom stereocenters. The van der Waals surface area contributed by atoms with Crippen molar-refractivity contribution in [2.45, 2.75) is 13.5 Å². The van der Waals surface area contributed by atoms with Crippen LogP contribution in [-0.4, -0.2) is 48.2 Å². The number of carbonyl (C=O) groups is 1. The van der Waals surface area contributed by atoms with E-state index in [1.54, 1.807) is 30.0 Å². The maximum absolute atomic E-state index is 13.0. The zero-order valence-electron chi connectivity index (χ0n) is 13.5. The first-order valence-corrected chi connectivity index (χ1v) is 7.32. The van der Waals surface area contributed by atoms with Crippen LogP contribution in [0.25, 0.3) is 0 Å². The summed E-state index contributed by atoms with van der Waals surface area (Å²) in [6.07, 6.45) is 0. The Morgan fingerprint density at radius 2 is 1.96 bits per heavy atom. The molecule has 0 radical (unpaired) electrons. The second kappa shape index (κ2) is 7.73. The van der Waals surface area contributed by atoms with E-state index in [9.17, 15) is 9.18 Å². The molecule has 2 aromatic rings. The van der Waals surface area contributed by atoms with Gasteiger partial charge in [-0.2, -0.15) is 0 Å². The zero-order chi connectivity index (χ0) is 16.8. The molecule has 0 aliphatic rings. The number of nitrogens with zero attached hydrogens (tertiary/aromatic N) is 3. The van der Waals surface area contributed by atoms with Crippen LogP contribution >= 0.6 is 0 Å². The third-order valence-corrected chi connectivity index (χ3v) is 3.25. The molecule has 1 N–H and O–H groups in total. The van der Waals surface area contributed by atoms with Gasteiger partial charge in [-0.3, -0.25) is 5.32 Å². The predicted octanol–water partition coefficient (Wildman–Crippen LogP) is 2.72. The molecular formula is C16H21FN4O2. The molecule has 2 rings (SSSR count). The Bertz CT molecular complexity index is 640. The van der Waals surface area contributed by atoms with Gasteiger partial charge in [0, 0.05) is 25.7 Å². The Hall–Kier alpha value is -2.41. The van der Waals surface area contributed by atoms with Gasteiger partial charge in [0.2, 0.25) is 0 Å². The molecule has 0 aliphatic heterocycles. The van der Waals surface area contributed by atoms with Crippen LogP contribution < -0.4 is 5.32 Å². The van der Waals surface area contributed by atoms with Crippen molar-refractivity contribution in [2.24, 2.45) is 0 Å². The van der Waals surface area contributed by atoms with E-state index >= 15 is 0 Å². The first-order valence-electron chi connectivity index (χ1n) is 7.32. The van der Waals surface area contributed by atoms with Gasteiger partial charge in [-0.1, -0.05) is 17.3 Å². The zero-order valence-corrected chi connectivity index (χ0v) is 13.5. The monoisotopic (exact) mass is 320 g/mol. The van der Waals surface area contributed by atoms with Gasteiger partial charge in [-0.15, -0.1) is 0 Å². The number of hydrogen-bond acceptors (Lipinski definition) is 4. The largest absolute Gasteiger partial charge is 0.360 e. The number of benzene rings is 1. The fourth-order valence-electron chi connectivity index (χ4n) is 2.00. The topological polar surface area (TPSA) is 61.6 Å². The lowest BCUT2D eigenvalue weighted by Gasteiger charge is -2.24. The number of aromatic nitrogens is 1. The second-order valence-corrected chi connectivity index (χ2v) is 5.60. The molecule has 2 amide bonds. The number of urea groups is 1. The van der Waals surface area contributed by atoms with Crippen molar-refractivity contribution < 1.29 is 13.7 Å². The van der Waals surface area contributed by atoms with Crippen LogP contribution in [0, 0.1) is 12.7 Å². The summed E-state index contributed by atoms with van der Waals surface area (Å²) in [5.41, 5.74) is 0.858. The Labute approximate surface area is 134 Å². The summed E-state index contributed by atoms with van der Waals surface area (Å²) in [4.78, 5) is 16.1. The summed E-state index contributed by atoms with van der Waals surface area (Å²) in [5, 5.41) is 6.47. The summed E-state index contributed by atoms with van der Waals surface area (Å²) >= 11 is 0. The number of rotatable bonds is 6. The van der Waals surface area contributed by atoms with Gasteiger partial charge >= 0.3 is 6.03 Å². The van der Waals surface area contributed by atoms with Crippen LogP contribution in [0.15, 0.2) is 34.9 Å².